The molecule has 0 radical (unpaired) electrons. The lowest BCUT2D eigenvalue weighted by atomic mass is 9.93. The van der Waals surface area contributed by atoms with Gasteiger partial charge < -0.3 is 9.80 Å². The Morgan fingerprint density at radius 1 is 1.00 bits per heavy atom. The average Bonchev–Trinajstić information content (AvgIpc) is 2.79. The number of benzene rings is 2. The predicted octanol–water partition coefficient (Wildman–Crippen LogP) is 4.83. The van der Waals surface area contributed by atoms with Crippen LogP contribution in [-0.2, 0) is 0 Å². The Bertz CT molecular complexity index is 984. The van der Waals surface area contributed by atoms with Crippen molar-refractivity contribution in [2.24, 2.45) is 0 Å². The molecule has 2 heterocycles. The quantitative estimate of drug-likeness (QED) is 0.645. The minimum Gasteiger partial charge on any atom is -0.378 e. The van der Waals surface area contributed by atoms with Crippen molar-refractivity contribution in [1.82, 2.24) is 9.88 Å². The molecule has 0 spiro atoms. The maximum Gasteiger partial charge on any atom is 0.253 e. The molecule has 1 fully saturated rings. The summed E-state index contributed by atoms with van der Waals surface area (Å²) in [5.41, 5.74) is 4.99. The molecule has 1 aromatic heterocycles. The van der Waals surface area contributed by atoms with Crippen molar-refractivity contribution in [3.05, 3.63) is 84.1 Å². The van der Waals surface area contributed by atoms with E-state index in [-0.39, 0.29) is 11.8 Å². The van der Waals surface area contributed by atoms with E-state index >= 15 is 0 Å². The van der Waals surface area contributed by atoms with E-state index in [1.165, 1.54) is 0 Å². The van der Waals surface area contributed by atoms with E-state index < -0.39 is 0 Å². The van der Waals surface area contributed by atoms with E-state index in [9.17, 15) is 4.79 Å². The molecule has 1 saturated heterocycles. The lowest BCUT2D eigenvalue weighted by molar-refractivity contribution is 0.0706. The van der Waals surface area contributed by atoms with Gasteiger partial charge in [0.2, 0.25) is 0 Å². The van der Waals surface area contributed by atoms with Gasteiger partial charge in [0.1, 0.15) is 0 Å². The highest BCUT2D eigenvalue weighted by atomic mass is 16.2. The largest absolute Gasteiger partial charge is 0.378 e. The number of anilines is 1. The standard InChI is InChI=1S/C25H27N3O/c1-27(2)22-13-6-11-20(17-22)25(29)28-16-8-12-21(18-28)24-15-7-14-23(26-24)19-9-4-3-5-10-19/h3-7,9-11,13-15,17,21H,8,12,16,18H2,1-2H3/t21-/m0/s1. The number of pyridine rings is 1. The first-order valence-electron chi connectivity index (χ1n) is 10.2. The first kappa shape index (κ1) is 19.2. The molecule has 0 unspecified atom stereocenters. The topological polar surface area (TPSA) is 36.4 Å². The fourth-order valence-electron chi connectivity index (χ4n) is 3.95. The Labute approximate surface area is 172 Å². The van der Waals surface area contributed by atoms with Crippen LogP contribution in [0, 0.1) is 0 Å². The van der Waals surface area contributed by atoms with Gasteiger partial charge in [-0.25, -0.2) is 0 Å². The summed E-state index contributed by atoms with van der Waals surface area (Å²) in [6.45, 7) is 1.52. The van der Waals surface area contributed by atoms with Gasteiger partial charge in [0.25, 0.3) is 5.91 Å². The molecule has 1 atom stereocenters. The minimum atomic E-state index is 0.109. The molecule has 4 heteroatoms. The summed E-state index contributed by atoms with van der Waals surface area (Å²) in [5, 5.41) is 0. The van der Waals surface area contributed by atoms with Gasteiger partial charge in [-0.15, -0.1) is 0 Å². The lowest BCUT2D eigenvalue weighted by Gasteiger charge is -2.33. The van der Waals surface area contributed by atoms with Crippen LogP contribution >= 0.6 is 0 Å². The van der Waals surface area contributed by atoms with Crippen LogP contribution < -0.4 is 4.90 Å². The maximum atomic E-state index is 13.1. The smallest absolute Gasteiger partial charge is 0.253 e. The van der Waals surface area contributed by atoms with Crippen molar-refractivity contribution in [1.29, 1.82) is 0 Å². The van der Waals surface area contributed by atoms with Crippen LogP contribution in [0.3, 0.4) is 0 Å². The number of hydrogen-bond acceptors (Lipinski definition) is 3. The third-order valence-electron chi connectivity index (χ3n) is 5.58. The second-order valence-electron chi connectivity index (χ2n) is 7.85. The SMILES string of the molecule is CN(C)c1cccc(C(=O)N2CCC[C@H](c3cccc(-c4ccccc4)n3)C2)c1. The van der Waals surface area contributed by atoms with Crippen LogP contribution in [0.1, 0.15) is 34.8 Å². The molecule has 0 aliphatic carbocycles. The first-order valence-corrected chi connectivity index (χ1v) is 10.2. The second-order valence-corrected chi connectivity index (χ2v) is 7.85. The predicted molar refractivity (Wildman–Crippen MR) is 118 cm³/mol. The van der Waals surface area contributed by atoms with Gasteiger partial charge in [-0.05, 0) is 43.2 Å². The van der Waals surface area contributed by atoms with Crippen molar-refractivity contribution in [2.75, 3.05) is 32.1 Å². The number of rotatable bonds is 4. The van der Waals surface area contributed by atoms with Crippen molar-refractivity contribution >= 4 is 11.6 Å². The van der Waals surface area contributed by atoms with Crippen molar-refractivity contribution < 1.29 is 4.79 Å². The number of amides is 1. The van der Waals surface area contributed by atoms with Crippen LogP contribution in [0.4, 0.5) is 5.69 Å². The Kier molecular flexibility index (Phi) is 5.61. The summed E-state index contributed by atoms with van der Waals surface area (Å²) in [6.07, 6.45) is 2.06. The molecule has 4 rings (SSSR count). The number of nitrogens with zero attached hydrogens (tertiary/aromatic N) is 3. The molecular formula is C25H27N3O. The summed E-state index contributed by atoms with van der Waals surface area (Å²) < 4.78 is 0. The molecule has 29 heavy (non-hydrogen) atoms. The molecule has 4 nitrogen and oxygen atoms in total. The number of carbonyl (C=O) groups is 1. The van der Waals surface area contributed by atoms with Crippen LogP contribution in [0.15, 0.2) is 72.8 Å². The summed E-state index contributed by atoms with van der Waals surface area (Å²) in [7, 11) is 3.98. The molecule has 1 amide bonds. The van der Waals surface area contributed by atoms with Gasteiger partial charge in [-0.3, -0.25) is 9.78 Å². The zero-order valence-corrected chi connectivity index (χ0v) is 17.1. The molecule has 3 aromatic rings. The van der Waals surface area contributed by atoms with Gasteiger partial charge >= 0.3 is 0 Å². The summed E-state index contributed by atoms with van der Waals surface area (Å²) in [4.78, 5) is 22.1. The van der Waals surface area contributed by atoms with Gasteiger partial charge in [0, 0.05) is 55.6 Å². The molecule has 2 aromatic carbocycles. The summed E-state index contributed by atoms with van der Waals surface area (Å²) in [6, 6.07) is 24.3. The fraction of sp³-hybridized carbons (Fsp3) is 0.280. The fourth-order valence-corrected chi connectivity index (χ4v) is 3.95. The van der Waals surface area contributed by atoms with Crippen LogP contribution in [-0.4, -0.2) is 43.0 Å². The summed E-state index contributed by atoms with van der Waals surface area (Å²) >= 11 is 0. The van der Waals surface area contributed by atoms with Crippen molar-refractivity contribution in [3.63, 3.8) is 0 Å². The van der Waals surface area contributed by atoms with Crippen molar-refractivity contribution in [2.45, 2.75) is 18.8 Å². The van der Waals surface area contributed by atoms with E-state index in [4.69, 9.17) is 4.98 Å². The maximum absolute atomic E-state index is 13.1. The van der Waals surface area contributed by atoms with Crippen LogP contribution in [0.25, 0.3) is 11.3 Å². The van der Waals surface area contributed by atoms with E-state index in [0.29, 0.717) is 0 Å². The number of carbonyl (C=O) groups excluding carboxylic acids is 1. The Balaban J connectivity index is 1.53. The number of piperidine rings is 1. The minimum absolute atomic E-state index is 0.109. The Morgan fingerprint density at radius 2 is 1.79 bits per heavy atom. The molecular weight excluding hydrogens is 358 g/mol. The molecule has 0 bridgehead atoms. The third kappa shape index (κ3) is 4.32. The molecule has 1 aliphatic heterocycles. The highest BCUT2D eigenvalue weighted by molar-refractivity contribution is 5.95. The van der Waals surface area contributed by atoms with Gasteiger partial charge in [0.15, 0.2) is 0 Å². The van der Waals surface area contributed by atoms with E-state index in [0.717, 1.165) is 54.1 Å². The number of likely N-dealkylation sites (tertiary alicyclic amines) is 1. The van der Waals surface area contributed by atoms with Gasteiger partial charge in [0.05, 0.1) is 5.69 Å². The van der Waals surface area contributed by atoms with Gasteiger partial charge in [-0.1, -0.05) is 42.5 Å². The van der Waals surface area contributed by atoms with Crippen LogP contribution in [0.5, 0.6) is 0 Å². The number of hydrogen-bond donors (Lipinski definition) is 0. The second kappa shape index (κ2) is 8.48. The monoisotopic (exact) mass is 385 g/mol. The Hall–Kier alpha value is -3.14. The average molecular weight is 386 g/mol. The van der Waals surface area contributed by atoms with Crippen molar-refractivity contribution in [3.8, 4) is 11.3 Å². The molecule has 0 N–H and O–H groups in total. The van der Waals surface area contributed by atoms with E-state index in [1.807, 2.05) is 66.4 Å². The molecule has 1 aliphatic rings. The first-order chi connectivity index (χ1) is 14.1. The Morgan fingerprint density at radius 3 is 2.59 bits per heavy atom. The van der Waals surface area contributed by atoms with E-state index in [2.05, 4.69) is 30.3 Å². The number of aromatic nitrogens is 1. The third-order valence-corrected chi connectivity index (χ3v) is 5.58. The normalized spacial score (nSPS) is 16.5. The summed E-state index contributed by atoms with van der Waals surface area (Å²) in [5.74, 6) is 0.381. The zero-order chi connectivity index (χ0) is 20.2. The molecule has 148 valence electrons. The highest BCUT2D eigenvalue weighted by Gasteiger charge is 2.26. The molecule has 0 saturated carbocycles. The highest BCUT2D eigenvalue weighted by Crippen LogP contribution is 2.28. The van der Waals surface area contributed by atoms with E-state index in [1.54, 1.807) is 0 Å². The van der Waals surface area contributed by atoms with Crippen LogP contribution in [0.2, 0.25) is 0 Å². The zero-order valence-electron chi connectivity index (χ0n) is 17.1. The lowest BCUT2D eigenvalue weighted by Crippen LogP contribution is -2.39. The van der Waals surface area contributed by atoms with Gasteiger partial charge in [-0.2, -0.15) is 0 Å².